The van der Waals surface area contributed by atoms with Crippen molar-refractivity contribution in [3.8, 4) is 0 Å². The van der Waals surface area contributed by atoms with E-state index in [0.717, 1.165) is 17.3 Å². The summed E-state index contributed by atoms with van der Waals surface area (Å²) in [6, 6.07) is 5.94. The molecular formula is C17H23BrN2O4S. The van der Waals surface area contributed by atoms with E-state index in [9.17, 15) is 13.2 Å². The average Bonchev–Trinajstić information content (AvgIpc) is 2.61. The van der Waals surface area contributed by atoms with E-state index in [1.807, 2.05) is 6.92 Å². The summed E-state index contributed by atoms with van der Waals surface area (Å²) in [7, 11) is -3.69. The molecule has 0 aliphatic carbocycles. The number of halogens is 1. The highest BCUT2D eigenvalue weighted by Crippen LogP contribution is 2.27. The summed E-state index contributed by atoms with van der Waals surface area (Å²) >= 11 is 3.32. The van der Waals surface area contributed by atoms with Gasteiger partial charge in [0.2, 0.25) is 15.9 Å². The normalized spacial score (nSPS) is 25.8. The maximum atomic E-state index is 13.1. The number of nitrogens with zero attached hydrogens (tertiary/aromatic N) is 2. The minimum Gasteiger partial charge on any atom is -0.375 e. The molecule has 1 amide bonds. The molecule has 3 rings (SSSR count). The van der Waals surface area contributed by atoms with Crippen LogP contribution in [-0.2, 0) is 19.6 Å². The molecule has 138 valence electrons. The van der Waals surface area contributed by atoms with Crippen LogP contribution in [0.2, 0.25) is 0 Å². The van der Waals surface area contributed by atoms with Gasteiger partial charge >= 0.3 is 0 Å². The molecule has 0 bridgehead atoms. The van der Waals surface area contributed by atoms with E-state index in [2.05, 4.69) is 15.9 Å². The van der Waals surface area contributed by atoms with Gasteiger partial charge in [0.15, 0.2) is 0 Å². The lowest BCUT2D eigenvalue weighted by Crippen LogP contribution is -2.56. The van der Waals surface area contributed by atoms with Gasteiger partial charge in [0, 0.05) is 24.1 Å². The summed E-state index contributed by atoms with van der Waals surface area (Å²) in [5, 5.41) is 0. The largest absolute Gasteiger partial charge is 0.375 e. The SMILES string of the molecule is CC1CN(C(=O)C2CCCCN2S(=O)(=O)c2ccc(Br)cc2)CCO1. The summed E-state index contributed by atoms with van der Waals surface area (Å²) in [5.74, 6) is -0.101. The Balaban J connectivity index is 1.85. The van der Waals surface area contributed by atoms with Crippen LogP contribution in [-0.4, -0.2) is 61.9 Å². The van der Waals surface area contributed by atoms with E-state index in [1.165, 1.54) is 4.31 Å². The van der Waals surface area contributed by atoms with E-state index >= 15 is 0 Å². The van der Waals surface area contributed by atoms with Crippen LogP contribution >= 0.6 is 15.9 Å². The second-order valence-electron chi connectivity index (χ2n) is 6.55. The first kappa shape index (κ1) is 18.8. The minimum atomic E-state index is -3.69. The third-order valence-corrected chi connectivity index (χ3v) is 7.16. The molecular weight excluding hydrogens is 408 g/mol. The molecule has 2 aliphatic rings. The molecule has 1 aromatic carbocycles. The monoisotopic (exact) mass is 430 g/mol. The predicted octanol–water partition coefficient (Wildman–Crippen LogP) is 2.24. The van der Waals surface area contributed by atoms with E-state index in [1.54, 1.807) is 29.2 Å². The molecule has 25 heavy (non-hydrogen) atoms. The maximum Gasteiger partial charge on any atom is 0.243 e. The number of piperidine rings is 1. The number of benzene rings is 1. The number of morpholine rings is 1. The molecule has 2 aliphatic heterocycles. The molecule has 0 spiro atoms. The van der Waals surface area contributed by atoms with Crippen LogP contribution in [0.3, 0.4) is 0 Å². The molecule has 0 saturated carbocycles. The maximum absolute atomic E-state index is 13.1. The van der Waals surface area contributed by atoms with Crippen molar-refractivity contribution in [1.82, 2.24) is 9.21 Å². The summed E-state index contributed by atoms with van der Waals surface area (Å²) in [4.78, 5) is 15.0. The molecule has 0 aromatic heterocycles. The zero-order valence-electron chi connectivity index (χ0n) is 14.2. The number of hydrogen-bond acceptors (Lipinski definition) is 4. The fourth-order valence-electron chi connectivity index (χ4n) is 3.41. The molecule has 2 saturated heterocycles. The molecule has 8 heteroatoms. The van der Waals surface area contributed by atoms with Gasteiger partial charge in [0.25, 0.3) is 0 Å². The smallest absolute Gasteiger partial charge is 0.243 e. The lowest BCUT2D eigenvalue weighted by Gasteiger charge is -2.39. The Morgan fingerprint density at radius 2 is 1.92 bits per heavy atom. The van der Waals surface area contributed by atoms with Crippen LogP contribution in [0.1, 0.15) is 26.2 Å². The molecule has 2 heterocycles. The molecule has 6 nitrogen and oxygen atoms in total. The predicted molar refractivity (Wildman–Crippen MR) is 97.7 cm³/mol. The van der Waals surface area contributed by atoms with Crippen LogP contribution in [0.4, 0.5) is 0 Å². The van der Waals surface area contributed by atoms with Gasteiger partial charge in [-0.25, -0.2) is 8.42 Å². The molecule has 2 fully saturated rings. The molecule has 1 aromatic rings. The van der Waals surface area contributed by atoms with Crippen molar-refractivity contribution in [3.05, 3.63) is 28.7 Å². The Morgan fingerprint density at radius 1 is 1.20 bits per heavy atom. The van der Waals surface area contributed by atoms with Crippen LogP contribution in [0, 0.1) is 0 Å². The van der Waals surface area contributed by atoms with Gasteiger partial charge in [0.1, 0.15) is 6.04 Å². The van der Waals surface area contributed by atoms with Crippen LogP contribution in [0.15, 0.2) is 33.6 Å². The van der Waals surface area contributed by atoms with Crippen molar-refractivity contribution in [2.24, 2.45) is 0 Å². The second kappa shape index (κ2) is 7.73. The minimum absolute atomic E-state index is 0.0159. The van der Waals surface area contributed by atoms with Gasteiger partial charge in [-0.05, 0) is 44.0 Å². The van der Waals surface area contributed by atoms with E-state index in [-0.39, 0.29) is 16.9 Å². The van der Waals surface area contributed by atoms with E-state index in [0.29, 0.717) is 32.7 Å². The zero-order valence-corrected chi connectivity index (χ0v) is 16.6. The van der Waals surface area contributed by atoms with Gasteiger partial charge in [-0.1, -0.05) is 22.4 Å². The molecule has 0 radical (unpaired) electrons. The Morgan fingerprint density at radius 3 is 2.60 bits per heavy atom. The van der Waals surface area contributed by atoms with Crippen molar-refractivity contribution < 1.29 is 17.9 Å². The third-order valence-electron chi connectivity index (χ3n) is 4.71. The summed E-state index contributed by atoms with van der Waals surface area (Å²) in [6.07, 6.45) is 2.19. The number of hydrogen-bond donors (Lipinski definition) is 0. The average molecular weight is 431 g/mol. The third kappa shape index (κ3) is 4.07. The topological polar surface area (TPSA) is 66.9 Å². The van der Waals surface area contributed by atoms with Crippen LogP contribution in [0.25, 0.3) is 0 Å². The van der Waals surface area contributed by atoms with Crippen LogP contribution < -0.4 is 0 Å². The first-order chi connectivity index (χ1) is 11.9. The number of sulfonamides is 1. The number of ether oxygens (including phenoxy) is 1. The Kier molecular flexibility index (Phi) is 5.82. The van der Waals surface area contributed by atoms with Crippen molar-refractivity contribution in [3.63, 3.8) is 0 Å². The zero-order chi connectivity index (χ0) is 18.0. The van der Waals surface area contributed by atoms with Gasteiger partial charge in [0.05, 0.1) is 17.6 Å². The summed E-state index contributed by atoms with van der Waals surface area (Å²) < 4.78 is 33.9. The van der Waals surface area contributed by atoms with Gasteiger partial charge in [-0.2, -0.15) is 4.31 Å². The van der Waals surface area contributed by atoms with E-state index < -0.39 is 16.1 Å². The number of carbonyl (C=O) groups excluding carboxylic acids is 1. The first-order valence-electron chi connectivity index (χ1n) is 8.57. The molecule has 2 atom stereocenters. The quantitative estimate of drug-likeness (QED) is 0.737. The van der Waals surface area contributed by atoms with Crippen molar-refractivity contribution in [2.45, 2.75) is 43.2 Å². The number of rotatable bonds is 3. The lowest BCUT2D eigenvalue weighted by atomic mass is 10.0. The summed E-state index contributed by atoms with van der Waals surface area (Å²) in [5.41, 5.74) is 0. The van der Waals surface area contributed by atoms with Gasteiger partial charge in [-0.15, -0.1) is 0 Å². The highest BCUT2D eigenvalue weighted by Gasteiger charge is 2.40. The van der Waals surface area contributed by atoms with E-state index in [4.69, 9.17) is 4.74 Å². The Labute approximate surface area is 157 Å². The first-order valence-corrected chi connectivity index (χ1v) is 10.8. The van der Waals surface area contributed by atoms with Gasteiger partial charge in [-0.3, -0.25) is 4.79 Å². The molecule has 2 unspecified atom stereocenters. The van der Waals surface area contributed by atoms with Crippen molar-refractivity contribution in [1.29, 1.82) is 0 Å². The second-order valence-corrected chi connectivity index (χ2v) is 9.35. The standard InChI is InChI=1S/C17H23BrN2O4S/c1-13-12-19(10-11-24-13)17(21)16-4-2-3-9-20(16)25(22,23)15-7-5-14(18)6-8-15/h5-8,13,16H,2-4,9-12H2,1H3. The van der Waals surface area contributed by atoms with Crippen molar-refractivity contribution in [2.75, 3.05) is 26.2 Å². The number of carbonyl (C=O) groups is 1. The highest BCUT2D eigenvalue weighted by atomic mass is 79.9. The summed E-state index contributed by atoms with van der Waals surface area (Å²) in [6.45, 7) is 3.85. The Bertz CT molecular complexity index is 723. The molecule has 0 N–H and O–H groups in total. The Hall–Kier alpha value is -0.960. The number of amides is 1. The van der Waals surface area contributed by atoms with Crippen LogP contribution in [0.5, 0.6) is 0 Å². The fourth-order valence-corrected chi connectivity index (χ4v) is 5.33. The van der Waals surface area contributed by atoms with Crippen molar-refractivity contribution >= 4 is 31.9 Å². The lowest BCUT2D eigenvalue weighted by molar-refractivity contribution is -0.143. The highest BCUT2D eigenvalue weighted by molar-refractivity contribution is 9.10. The fraction of sp³-hybridized carbons (Fsp3) is 0.588. The van der Waals surface area contributed by atoms with Gasteiger partial charge < -0.3 is 9.64 Å².